The molecular formula is C17H44N4O5Si+2. The molecule has 0 aliphatic heterocycles. The van der Waals surface area contributed by atoms with Crippen molar-refractivity contribution in [3.63, 3.8) is 0 Å². The Bertz CT molecular complexity index is 396. The lowest BCUT2D eigenvalue weighted by Gasteiger charge is -2.31. The third kappa shape index (κ3) is 19.0. The van der Waals surface area contributed by atoms with E-state index in [1.807, 2.05) is 42.3 Å². The van der Waals surface area contributed by atoms with Crippen LogP contribution in [0.4, 0.5) is 0 Å². The van der Waals surface area contributed by atoms with Crippen LogP contribution in [0.2, 0.25) is 6.04 Å². The lowest BCUT2D eigenvalue weighted by molar-refractivity contribution is -0.873. The first kappa shape index (κ1) is 26.9. The first-order valence-corrected chi connectivity index (χ1v) is 11.7. The highest BCUT2D eigenvalue weighted by Gasteiger charge is 2.26. The Kier molecular flexibility index (Phi) is 11.7. The van der Waals surface area contributed by atoms with Gasteiger partial charge in [0.15, 0.2) is 0 Å². The summed E-state index contributed by atoms with van der Waals surface area (Å²) < 4.78 is 1.35. The minimum Gasteiger partial charge on any atom is -0.390 e. The maximum absolute atomic E-state index is 10.3. The fourth-order valence-electron chi connectivity index (χ4n) is 3.02. The highest BCUT2D eigenvalue weighted by molar-refractivity contribution is 6.56. The van der Waals surface area contributed by atoms with E-state index in [0.717, 1.165) is 0 Å². The molecule has 0 aromatic rings. The SMILES string of the molecule is C[N+](C)(C)CC(O)CNCCN(CCC[Si](O)(O)O)CC(O)C[N+](C)(C)C. The molecule has 0 amide bonds. The number of aliphatic hydroxyl groups is 2. The minimum atomic E-state index is -4.02. The van der Waals surface area contributed by atoms with Crippen molar-refractivity contribution < 1.29 is 33.6 Å². The monoisotopic (exact) mass is 412 g/mol. The van der Waals surface area contributed by atoms with Gasteiger partial charge in [0.2, 0.25) is 0 Å². The highest BCUT2D eigenvalue weighted by atomic mass is 28.4. The molecule has 0 saturated carbocycles. The van der Waals surface area contributed by atoms with E-state index in [0.29, 0.717) is 61.2 Å². The molecule has 2 unspecified atom stereocenters. The fraction of sp³-hybridized carbons (Fsp3) is 1.00. The van der Waals surface area contributed by atoms with Crippen LogP contribution in [0.15, 0.2) is 0 Å². The number of aliphatic hydroxyl groups excluding tert-OH is 2. The van der Waals surface area contributed by atoms with Crippen LogP contribution in [0.3, 0.4) is 0 Å². The Balaban J connectivity index is 4.39. The van der Waals surface area contributed by atoms with E-state index < -0.39 is 21.0 Å². The van der Waals surface area contributed by atoms with Crippen molar-refractivity contribution in [3.05, 3.63) is 0 Å². The topological polar surface area (TPSA) is 116 Å². The van der Waals surface area contributed by atoms with Gasteiger partial charge in [-0.15, -0.1) is 0 Å². The van der Waals surface area contributed by atoms with E-state index in [1.54, 1.807) is 0 Å². The van der Waals surface area contributed by atoms with Gasteiger partial charge in [-0.25, -0.2) is 0 Å². The van der Waals surface area contributed by atoms with Gasteiger partial charge in [0.1, 0.15) is 25.3 Å². The van der Waals surface area contributed by atoms with Gasteiger partial charge in [-0.3, -0.25) is 4.90 Å². The summed E-state index contributed by atoms with van der Waals surface area (Å²) in [5.74, 6) is 0. The first-order valence-electron chi connectivity index (χ1n) is 9.65. The molecule has 0 radical (unpaired) electrons. The molecule has 0 saturated heterocycles. The summed E-state index contributed by atoms with van der Waals surface area (Å²) in [5, 5.41) is 23.6. The zero-order valence-corrected chi connectivity index (χ0v) is 19.1. The van der Waals surface area contributed by atoms with Crippen LogP contribution in [0, 0.1) is 0 Å². The van der Waals surface area contributed by atoms with E-state index in [4.69, 9.17) is 0 Å². The van der Waals surface area contributed by atoms with Gasteiger partial charge in [-0.2, -0.15) is 0 Å². The molecule has 9 nitrogen and oxygen atoms in total. The van der Waals surface area contributed by atoms with Crippen molar-refractivity contribution in [1.82, 2.24) is 10.2 Å². The molecule has 0 aromatic carbocycles. The maximum Gasteiger partial charge on any atom is 0.492 e. The fourth-order valence-corrected chi connectivity index (χ4v) is 3.66. The van der Waals surface area contributed by atoms with Crippen LogP contribution < -0.4 is 5.32 Å². The van der Waals surface area contributed by atoms with Crippen LogP contribution in [-0.2, 0) is 0 Å². The van der Waals surface area contributed by atoms with Gasteiger partial charge in [-0.05, 0) is 13.0 Å². The van der Waals surface area contributed by atoms with E-state index >= 15 is 0 Å². The first-order chi connectivity index (χ1) is 12.1. The number of rotatable bonds is 15. The molecule has 27 heavy (non-hydrogen) atoms. The third-order valence-electron chi connectivity index (χ3n) is 3.96. The predicted octanol–water partition coefficient (Wildman–Crippen LogP) is -2.68. The van der Waals surface area contributed by atoms with Crippen LogP contribution >= 0.6 is 0 Å². The number of nitrogens with zero attached hydrogens (tertiary/aromatic N) is 3. The molecular weight excluding hydrogens is 368 g/mol. The van der Waals surface area contributed by atoms with E-state index in [9.17, 15) is 24.6 Å². The summed E-state index contributed by atoms with van der Waals surface area (Å²) in [6, 6.07) is -0.00935. The van der Waals surface area contributed by atoms with Crippen molar-refractivity contribution in [3.8, 4) is 0 Å². The van der Waals surface area contributed by atoms with Gasteiger partial charge in [0, 0.05) is 32.2 Å². The number of hydrogen-bond acceptors (Lipinski definition) is 7. The number of nitrogens with one attached hydrogen (secondary N) is 1. The summed E-state index contributed by atoms with van der Waals surface area (Å²) in [7, 11) is 8.15. The summed E-state index contributed by atoms with van der Waals surface area (Å²) in [6.07, 6.45) is -0.461. The van der Waals surface area contributed by atoms with Crippen LogP contribution in [0.25, 0.3) is 0 Å². The Morgan fingerprint density at radius 3 is 1.85 bits per heavy atom. The summed E-state index contributed by atoms with van der Waals surface area (Å²) in [4.78, 5) is 29.6. The summed E-state index contributed by atoms with van der Waals surface area (Å²) >= 11 is 0. The predicted molar refractivity (Wildman–Crippen MR) is 109 cm³/mol. The molecule has 0 aliphatic carbocycles. The second-order valence-electron chi connectivity index (χ2n) is 9.64. The molecule has 0 rings (SSSR count). The quantitative estimate of drug-likeness (QED) is 0.0986. The second kappa shape index (κ2) is 11.8. The molecule has 2 atom stereocenters. The van der Waals surface area contributed by atoms with Crippen molar-refractivity contribution in [2.75, 3.05) is 88.1 Å². The highest BCUT2D eigenvalue weighted by Crippen LogP contribution is 2.05. The van der Waals surface area contributed by atoms with E-state index in [2.05, 4.69) is 10.2 Å². The zero-order chi connectivity index (χ0) is 21.3. The van der Waals surface area contributed by atoms with Gasteiger partial charge in [0.05, 0.1) is 42.3 Å². The average Bonchev–Trinajstić information content (AvgIpc) is 2.37. The second-order valence-corrected chi connectivity index (χ2v) is 11.7. The Morgan fingerprint density at radius 1 is 0.852 bits per heavy atom. The van der Waals surface area contributed by atoms with Crippen LogP contribution in [0.5, 0.6) is 0 Å². The average molecular weight is 413 g/mol. The van der Waals surface area contributed by atoms with Crippen molar-refractivity contribution >= 4 is 8.80 Å². The minimum absolute atomic E-state index is 0.00935. The molecule has 164 valence electrons. The largest absolute Gasteiger partial charge is 0.492 e. The maximum atomic E-state index is 10.3. The Labute approximate surface area is 166 Å². The van der Waals surface area contributed by atoms with Crippen molar-refractivity contribution in [2.24, 2.45) is 0 Å². The third-order valence-corrected chi connectivity index (χ3v) is 4.98. The number of quaternary nitrogens is 2. The zero-order valence-electron chi connectivity index (χ0n) is 18.1. The standard InChI is InChI=1S/C17H44N4O5Si/c1-20(2,3)14-16(22)12-18-8-10-19(9-7-11-27(24,25)26)13-17(23)15-21(4,5)6/h16-18,22-26H,7-15H2,1-6H3/q+2. The van der Waals surface area contributed by atoms with Crippen LogP contribution in [0.1, 0.15) is 6.42 Å². The smallest absolute Gasteiger partial charge is 0.390 e. The van der Waals surface area contributed by atoms with Gasteiger partial charge in [-0.1, -0.05) is 0 Å². The molecule has 0 fully saturated rings. The molecule has 0 heterocycles. The summed E-state index contributed by atoms with van der Waals surface area (Å²) in [6.45, 7) is 4.15. The van der Waals surface area contributed by atoms with Crippen molar-refractivity contribution in [2.45, 2.75) is 24.7 Å². The van der Waals surface area contributed by atoms with E-state index in [1.165, 1.54) is 0 Å². The number of likely N-dealkylation sites (N-methyl/N-ethyl adjacent to an activating group) is 2. The lowest BCUT2D eigenvalue weighted by Crippen LogP contribution is -2.48. The lowest BCUT2D eigenvalue weighted by atomic mass is 10.2. The molecule has 0 aliphatic rings. The van der Waals surface area contributed by atoms with Crippen LogP contribution in [-0.4, -0.2) is 148 Å². The molecule has 0 aromatic heterocycles. The van der Waals surface area contributed by atoms with Crippen molar-refractivity contribution in [1.29, 1.82) is 0 Å². The Morgan fingerprint density at radius 2 is 1.37 bits per heavy atom. The molecule has 0 bridgehead atoms. The van der Waals surface area contributed by atoms with E-state index in [-0.39, 0.29) is 6.04 Å². The molecule has 0 spiro atoms. The Hall–Kier alpha value is -0.143. The van der Waals surface area contributed by atoms with Gasteiger partial charge < -0.3 is 38.9 Å². The van der Waals surface area contributed by atoms with Gasteiger partial charge in [0.25, 0.3) is 0 Å². The molecule has 6 N–H and O–H groups in total. The van der Waals surface area contributed by atoms with Gasteiger partial charge >= 0.3 is 8.80 Å². The summed E-state index contributed by atoms with van der Waals surface area (Å²) in [5.41, 5.74) is 0. The normalized spacial score (nSPS) is 16.0. The molecule has 10 heteroatoms. The number of hydrogen-bond donors (Lipinski definition) is 6.